The van der Waals surface area contributed by atoms with Gasteiger partial charge in [0.25, 0.3) is 11.8 Å². The number of ether oxygens (including phenoxy) is 1. The number of amides is 2. The Labute approximate surface area is 142 Å². The lowest BCUT2D eigenvalue weighted by atomic mass is 10.1. The molecule has 7 nitrogen and oxygen atoms in total. The normalized spacial score (nSPS) is 9.92. The van der Waals surface area contributed by atoms with Gasteiger partial charge in [0, 0.05) is 10.6 Å². The van der Waals surface area contributed by atoms with E-state index in [2.05, 4.69) is 15.6 Å². The van der Waals surface area contributed by atoms with Crippen LogP contribution < -0.4 is 10.9 Å². The van der Waals surface area contributed by atoms with E-state index in [0.29, 0.717) is 0 Å². The number of esters is 1. The first-order chi connectivity index (χ1) is 11.4. The standard InChI is InChI=1S/C16H13ClN2O5/c1-24-16(23)10-4-2-3-9(7-10)14(21)18-19-15(22)12-8-11(17)5-6-13(12)20/h2-8,20H,1H3,(H,18,21)(H,19,22). The molecule has 0 fully saturated rings. The van der Waals surface area contributed by atoms with Crippen LogP contribution in [0.5, 0.6) is 5.75 Å². The SMILES string of the molecule is COC(=O)c1cccc(C(=O)NNC(=O)c2cc(Cl)ccc2O)c1. The molecule has 0 heterocycles. The fraction of sp³-hybridized carbons (Fsp3) is 0.0625. The van der Waals surface area contributed by atoms with Crippen molar-refractivity contribution in [2.45, 2.75) is 0 Å². The minimum absolute atomic E-state index is 0.0916. The van der Waals surface area contributed by atoms with Gasteiger partial charge in [0.2, 0.25) is 0 Å². The van der Waals surface area contributed by atoms with Gasteiger partial charge in [-0.05, 0) is 36.4 Å². The lowest BCUT2D eigenvalue weighted by Crippen LogP contribution is -2.41. The Bertz CT molecular complexity index is 807. The van der Waals surface area contributed by atoms with Crippen molar-refractivity contribution in [1.82, 2.24) is 10.9 Å². The molecule has 0 radical (unpaired) electrons. The summed E-state index contributed by atoms with van der Waals surface area (Å²) in [6.45, 7) is 0. The number of carbonyl (C=O) groups excluding carboxylic acids is 3. The first-order valence-corrected chi connectivity index (χ1v) is 7.07. The quantitative estimate of drug-likeness (QED) is 0.580. The zero-order chi connectivity index (χ0) is 17.7. The van der Waals surface area contributed by atoms with Crippen LogP contribution in [0.4, 0.5) is 0 Å². The molecule has 0 saturated carbocycles. The summed E-state index contributed by atoms with van der Waals surface area (Å²) in [4.78, 5) is 35.4. The maximum Gasteiger partial charge on any atom is 0.337 e. The smallest absolute Gasteiger partial charge is 0.337 e. The molecule has 124 valence electrons. The molecule has 0 saturated heterocycles. The van der Waals surface area contributed by atoms with Gasteiger partial charge in [-0.1, -0.05) is 17.7 Å². The summed E-state index contributed by atoms with van der Waals surface area (Å²) in [5.41, 5.74) is 4.59. The molecule has 3 N–H and O–H groups in total. The Morgan fingerprint density at radius 3 is 2.38 bits per heavy atom. The van der Waals surface area contributed by atoms with E-state index in [1.807, 2.05) is 0 Å². The summed E-state index contributed by atoms with van der Waals surface area (Å²) < 4.78 is 4.57. The highest BCUT2D eigenvalue weighted by Gasteiger charge is 2.14. The van der Waals surface area contributed by atoms with Crippen molar-refractivity contribution in [3.8, 4) is 5.75 Å². The van der Waals surface area contributed by atoms with E-state index in [1.165, 1.54) is 49.6 Å². The van der Waals surface area contributed by atoms with Crippen LogP contribution in [0.15, 0.2) is 42.5 Å². The zero-order valence-electron chi connectivity index (χ0n) is 12.5. The maximum atomic E-state index is 12.0. The number of benzene rings is 2. The number of carbonyl (C=O) groups is 3. The molecular formula is C16H13ClN2O5. The lowest BCUT2D eigenvalue weighted by Gasteiger charge is -2.09. The van der Waals surface area contributed by atoms with Gasteiger partial charge in [-0.3, -0.25) is 20.4 Å². The van der Waals surface area contributed by atoms with E-state index >= 15 is 0 Å². The monoisotopic (exact) mass is 348 g/mol. The van der Waals surface area contributed by atoms with Gasteiger partial charge in [-0.2, -0.15) is 0 Å². The van der Waals surface area contributed by atoms with Crippen molar-refractivity contribution in [2.24, 2.45) is 0 Å². The van der Waals surface area contributed by atoms with Crippen molar-refractivity contribution < 1.29 is 24.2 Å². The number of hydrogen-bond donors (Lipinski definition) is 3. The summed E-state index contributed by atoms with van der Waals surface area (Å²) in [5.74, 6) is -2.25. The number of phenols is 1. The van der Waals surface area contributed by atoms with E-state index < -0.39 is 17.8 Å². The lowest BCUT2D eigenvalue weighted by molar-refractivity contribution is 0.0600. The van der Waals surface area contributed by atoms with Crippen LogP contribution in [0.2, 0.25) is 5.02 Å². The largest absolute Gasteiger partial charge is 0.507 e. The maximum absolute atomic E-state index is 12.0. The van der Waals surface area contributed by atoms with Crippen molar-refractivity contribution in [1.29, 1.82) is 0 Å². The third kappa shape index (κ3) is 4.02. The molecule has 2 amide bonds. The predicted molar refractivity (Wildman–Crippen MR) is 85.8 cm³/mol. The summed E-state index contributed by atoms with van der Waals surface area (Å²) in [6.07, 6.45) is 0. The molecule has 2 aromatic rings. The highest BCUT2D eigenvalue weighted by molar-refractivity contribution is 6.31. The van der Waals surface area contributed by atoms with Gasteiger partial charge >= 0.3 is 5.97 Å². The third-order valence-corrected chi connectivity index (χ3v) is 3.27. The van der Waals surface area contributed by atoms with E-state index in [4.69, 9.17) is 11.6 Å². The molecule has 0 aliphatic rings. The number of methoxy groups -OCH3 is 1. The second kappa shape index (κ2) is 7.47. The van der Waals surface area contributed by atoms with Gasteiger partial charge in [-0.25, -0.2) is 4.79 Å². The average Bonchev–Trinajstić information content (AvgIpc) is 2.60. The van der Waals surface area contributed by atoms with Crippen LogP contribution in [-0.2, 0) is 4.74 Å². The van der Waals surface area contributed by atoms with Gasteiger partial charge < -0.3 is 9.84 Å². The highest BCUT2D eigenvalue weighted by atomic mass is 35.5. The van der Waals surface area contributed by atoms with Crippen molar-refractivity contribution in [2.75, 3.05) is 7.11 Å². The van der Waals surface area contributed by atoms with Crippen LogP contribution in [0.1, 0.15) is 31.1 Å². The summed E-state index contributed by atoms with van der Waals surface area (Å²) in [5, 5.41) is 9.89. The first-order valence-electron chi connectivity index (χ1n) is 6.70. The Balaban J connectivity index is 2.06. The summed E-state index contributed by atoms with van der Waals surface area (Å²) >= 11 is 5.76. The molecule has 8 heteroatoms. The fourth-order valence-corrected chi connectivity index (χ4v) is 2.02. The molecule has 2 aromatic carbocycles. The summed E-state index contributed by atoms with van der Waals surface area (Å²) in [6, 6.07) is 9.73. The van der Waals surface area contributed by atoms with Gasteiger partial charge in [0.15, 0.2) is 0 Å². The fourth-order valence-electron chi connectivity index (χ4n) is 1.85. The first kappa shape index (κ1) is 17.3. The minimum Gasteiger partial charge on any atom is -0.507 e. The molecule has 0 aromatic heterocycles. The van der Waals surface area contributed by atoms with Crippen molar-refractivity contribution in [3.05, 3.63) is 64.2 Å². The van der Waals surface area contributed by atoms with E-state index in [1.54, 1.807) is 0 Å². The highest BCUT2D eigenvalue weighted by Crippen LogP contribution is 2.21. The van der Waals surface area contributed by atoms with Crippen LogP contribution in [0, 0.1) is 0 Å². The van der Waals surface area contributed by atoms with Crippen molar-refractivity contribution in [3.63, 3.8) is 0 Å². The second-order valence-corrected chi connectivity index (χ2v) is 5.08. The van der Waals surface area contributed by atoms with Gasteiger partial charge in [-0.15, -0.1) is 0 Å². The van der Waals surface area contributed by atoms with Crippen molar-refractivity contribution >= 4 is 29.4 Å². The topological polar surface area (TPSA) is 105 Å². The number of rotatable bonds is 3. The second-order valence-electron chi connectivity index (χ2n) is 4.64. The Morgan fingerprint density at radius 1 is 1.00 bits per heavy atom. The molecule has 24 heavy (non-hydrogen) atoms. The van der Waals surface area contributed by atoms with Gasteiger partial charge in [0.1, 0.15) is 5.75 Å². The molecule has 2 rings (SSSR count). The average molecular weight is 349 g/mol. The molecular weight excluding hydrogens is 336 g/mol. The molecule has 0 aliphatic carbocycles. The third-order valence-electron chi connectivity index (χ3n) is 3.04. The zero-order valence-corrected chi connectivity index (χ0v) is 13.3. The van der Waals surface area contributed by atoms with Crippen LogP contribution >= 0.6 is 11.6 Å². The van der Waals surface area contributed by atoms with E-state index in [0.717, 1.165) is 0 Å². The minimum atomic E-state index is -0.743. The Morgan fingerprint density at radius 2 is 1.67 bits per heavy atom. The molecule has 0 bridgehead atoms. The number of phenolic OH excluding ortho intramolecular Hbond substituents is 1. The number of aromatic hydroxyl groups is 1. The van der Waals surface area contributed by atoms with E-state index in [9.17, 15) is 19.5 Å². The predicted octanol–water partition coefficient (Wildman–Crippen LogP) is 1.91. The van der Waals surface area contributed by atoms with Crippen LogP contribution in [0.3, 0.4) is 0 Å². The Kier molecular flexibility index (Phi) is 5.39. The molecule has 0 spiro atoms. The molecule has 0 aliphatic heterocycles. The summed E-state index contributed by atoms with van der Waals surface area (Å²) in [7, 11) is 1.23. The number of hydrazine groups is 1. The number of halogens is 1. The number of hydrogen-bond acceptors (Lipinski definition) is 5. The Hall–Kier alpha value is -3.06. The molecule has 0 atom stereocenters. The molecule has 0 unspecified atom stereocenters. The van der Waals surface area contributed by atoms with E-state index in [-0.39, 0.29) is 27.5 Å². The number of nitrogens with one attached hydrogen (secondary N) is 2. The van der Waals surface area contributed by atoms with Crippen LogP contribution in [-0.4, -0.2) is 30.0 Å². The van der Waals surface area contributed by atoms with Crippen LogP contribution in [0.25, 0.3) is 0 Å². The van der Waals surface area contributed by atoms with Gasteiger partial charge in [0.05, 0.1) is 18.2 Å².